The van der Waals surface area contributed by atoms with Gasteiger partial charge in [0, 0.05) is 43.5 Å². The average molecular weight is 472 g/mol. The van der Waals surface area contributed by atoms with Gasteiger partial charge in [-0.15, -0.1) is 21.5 Å². The van der Waals surface area contributed by atoms with E-state index in [9.17, 15) is 9.59 Å². The predicted molar refractivity (Wildman–Crippen MR) is 122 cm³/mol. The van der Waals surface area contributed by atoms with Crippen LogP contribution in [0.3, 0.4) is 0 Å². The van der Waals surface area contributed by atoms with E-state index in [0.717, 1.165) is 30.2 Å². The van der Waals surface area contributed by atoms with Crippen LogP contribution in [0.4, 0.5) is 0 Å². The average Bonchev–Trinajstić information content (AvgIpc) is 3.20. The normalized spacial score (nSPS) is 17.5. The summed E-state index contributed by atoms with van der Waals surface area (Å²) in [5.41, 5.74) is 0. The van der Waals surface area contributed by atoms with Crippen LogP contribution in [0.2, 0.25) is 0 Å². The smallest absolute Gasteiger partial charge is 0.289 e. The van der Waals surface area contributed by atoms with E-state index in [4.69, 9.17) is 4.42 Å². The summed E-state index contributed by atoms with van der Waals surface area (Å²) < 4.78 is 7.44. The molecule has 1 aliphatic carbocycles. The standard InChI is InChI=1S/C22H25N5O3S2/c1-15(20(28)25-8-10-26(11-9-25)21(29)18-5-2-12-30-18)32-22-24-23-19(27(22)16-6-7-16)14-17-4-3-13-31-17/h2-5,12-13,15-16H,6-11,14H2,1H3. The molecule has 1 saturated carbocycles. The molecule has 1 atom stereocenters. The van der Waals surface area contributed by atoms with Crippen molar-refractivity contribution in [1.82, 2.24) is 24.6 Å². The second-order valence-corrected chi connectivity index (χ2v) is 10.5. The summed E-state index contributed by atoms with van der Waals surface area (Å²) in [7, 11) is 0. The fraction of sp³-hybridized carbons (Fsp3) is 0.455. The Labute approximate surface area is 194 Å². The number of thiophene rings is 1. The van der Waals surface area contributed by atoms with Gasteiger partial charge in [0.15, 0.2) is 10.9 Å². The van der Waals surface area contributed by atoms with Crippen LogP contribution >= 0.6 is 23.1 Å². The van der Waals surface area contributed by atoms with E-state index in [-0.39, 0.29) is 17.1 Å². The fourth-order valence-electron chi connectivity index (χ4n) is 3.93. The van der Waals surface area contributed by atoms with Crippen LogP contribution in [-0.2, 0) is 11.2 Å². The molecule has 3 aromatic rings. The third-order valence-corrected chi connectivity index (χ3v) is 7.72. The van der Waals surface area contributed by atoms with Gasteiger partial charge in [0.05, 0.1) is 11.5 Å². The number of carbonyl (C=O) groups is 2. The molecule has 5 rings (SSSR count). The number of hydrogen-bond donors (Lipinski definition) is 0. The van der Waals surface area contributed by atoms with Crippen LogP contribution in [-0.4, -0.2) is 67.8 Å². The van der Waals surface area contributed by atoms with E-state index in [1.807, 2.05) is 11.8 Å². The molecule has 1 unspecified atom stereocenters. The molecular formula is C22H25N5O3S2. The maximum Gasteiger partial charge on any atom is 0.289 e. The number of rotatable bonds is 7. The lowest BCUT2D eigenvalue weighted by molar-refractivity contribution is -0.131. The molecule has 0 bridgehead atoms. The molecule has 0 radical (unpaired) electrons. The van der Waals surface area contributed by atoms with E-state index in [1.54, 1.807) is 28.4 Å². The Balaban J connectivity index is 1.20. The molecule has 168 valence electrons. The van der Waals surface area contributed by atoms with Gasteiger partial charge in [-0.05, 0) is 43.3 Å². The molecular weight excluding hydrogens is 446 g/mol. The number of carbonyl (C=O) groups excluding carboxylic acids is 2. The van der Waals surface area contributed by atoms with E-state index in [2.05, 4.69) is 32.3 Å². The molecule has 4 heterocycles. The van der Waals surface area contributed by atoms with Crippen LogP contribution in [0.25, 0.3) is 0 Å². The van der Waals surface area contributed by atoms with E-state index in [1.165, 1.54) is 22.9 Å². The highest BCUT2D eigenvalue weighted by atomic mass is 32.2. The van der Waals surface area contributed by atoms with Crippen molar-refractivity contribution in [1.29, 1.82) is 0 Å². The summed E-state index contributed by atoms with van der Waals surface area (Å²) in [6.45, 7) is 3.99. The first kappa shape index (κ1) is 21.3. The molecule has 1 saturated heterocycles. The van der Waals surface area contributed by atoms with Crippen LogP contribution in [0.5, 0.6) is 0 Å². The predicted octanol–water partition coefficient (Wildman–Crippen LogP) is 3.32. The monoisotopic (exact) mass is 471 g/mol. The Kier molecular flexibility index (Phi) is 6.05. The topological polar surface area (TPSA) is 84.5 Å². The molecule has 3 aromatic heterocycles. The zero-order valence-electron chi connectivity index (χ0n) is 17.8. The molecule has 0 aromatic carbocycles. The number of hydrogen-bond acceptors (Lipinski definition) is 7. The van der Waals surface area contributed by atoms with Gasteiger partial charge in [-0.2, -0.15) is 0 Å². The molecule has 8 nitrogen and oxygen atoms in total. The Morgan fingerprint density at radius 3 is 2.59 bits per heavy atom. The Morgan fingerprint density at radius 2 is 1.94 bits per heavy atom. The lowest BCUT2D eigenvalue weighted by Gasteiger charge is -2.35. The highest BCUT2D eigenvalue weighted by molar-refractivity contribution is 8.00. The number of piperazine rings is 1. The number of amides is 2. The van der Waals surface area contributed by atoms with Gasteiger partial charge >= 0.3 is 0 Å². The molecule has 0 spiro atoms. The molecule has 1 aliphatic heterocycles. The molecule has 2 fully saturated rings. The summed E-state index contributed by atoms with van der Waals surface area (Å²) >= 11 is 3.21. The fourth-order valence-corrected chi connectivity index (χ4v) is 5.65. The van der Waals surface area contributed by atoms with E-state index < -0.39 is 0 Å². The van der Waals surface area contributed by atoms with Crippen molar-refractivity contribution in [3.63, 3.8) is 0 Å². The second kappa shape index (κ2) is 9.11. The molecule has 32 heavy (non-hydrogen) atoms. The van der Waals surface area contributed by atoms with Gasteiger partial charge in [0.25, 0.3) is 5.91 Å². The lowest BCUT2D eigenvalue weighted by Crippen LogP contribution is -2.52. The quantitative estimate of drug-likeness (QED) is 0.492. The SMILES string of the molecule is CC(Sc1nnc(Cc2cccs2)n1C1CC1)C(=O)N1CCN(C(=O)c2ccco2)CC1. The molecule has 2 amide bonds. The van der Waals surface area contributed by atoms with Crippen molar-refractivity contribution in [2.45, 2.75) is 42.6 Å². The second-order valence-electron chi connectivity index (χ2n) is 8.11. The maximum absolute atomic E-state index is 13.1. The first-order chi connectivity index (χ1) is 15.6. The summed E-state index contributed by atoms with van der Waals surface area (Å²) in [5, 5.41) is 11.5. The van der Waals surface area contributed by atoms with Gasteiger partial charge in [-0.1, -0.05) is 17.8 Å². The van der Waals surface area contributed by atoms with E-state index in [0.29, 0.717) is 38.0 Å². The van der Waals surface area contributed by atoms with E-state index >= 15 is 0 Å². The number of furan rings is 1. The lowest BCUT2D eigenvalue weighted by atomic mass is 10.2. The maximum atomic E-state index is 13.1. The molecule has 0 N–H and O–H groups in total. The van der Waals surface area contributed by atoms with Crippen LogP contribution in [0.15, 0.2) is 45.5 Å². The first-order valence-electron chi connectivity index (χ1n) is 10.8. The van der Waals surface area contributed by atoms with Crippen LogP contribution < -0.4 is 0 Å². The van der Waals surface area contributed by atoms with Gasteiger partial charge in [-0.25, -0.2) is 0 Å². The van der Waals surface area contributed by atoms with Crippen molar-refractivity contribution in [2.24, 2.45) is 0 Å². The van der Waals surface area contributed by atoms with Crippen molar-refractivity contribution in [2.75, 3.05) is 26.2 Å². The first-order valence-corrected chi connectivity index (χ1v) is 12.6. The van der Waals surface area contributed by atoms with Crippen molar-refractivity contribution in [3.8, 4) is 0 Å². The summed E-state index contributed by atoms with van der Waals surface area (Å²) in [6, 6.07) is 7.99. The van der Waals surface area contributed by atoms with Crippen LogP contribution in [0, 0.1) is 0 Å². The summed E-state index contributed by atoms with van der Waals surface area (Å²) in [4.78, 5) is 30.4. The highest BCUT2D eigenvalue weighted by Gasteiger charge is 2.33. The van der Waals surface area contributed by atoms with Crippen LogP contribution in [0.1, 0.15) is 47.1 Å². The third-order valence-electron chi connectivity index (χ3n) is 5.80. The summed E-state index contributed by atoms with van der Waals surface area (Å²) in [5.74, 6) is 1.26. The largest absolute Gasteiger partial charge is 0.459 e. The summed E-state index contributed by atoms with van der Waals surface area (Å²) in [6.07, 6.45) is 4.54. The Hall–Kier alpha value is -2.59. The Morgan fingerprint density at radius 1 is 1.16 bits per heavy atom. The van der Waals surface area contributed by atoms with Crippen molar-refractivity contribution < 1.29 is 14.0 Å². The van der Waals surface area contributed by atoms with Gasteiger partial charge in [-0.3, -0.25) is 9.59 Å². The minimum absolute atomic E-state index is 0.0743. The zero-order valence-corrected chi connectivity index (χ0v) is 19.5. The highest BCUT2D eigenvalue weighted by Crippen LogP contribution is 2.40. The number of nitrogens with zero attached hydrogens (tertiary/aromatic N) is 5. The van der Waals surface area contributed by atoms with Crippen molar-refractivity contribution in [3.05, 3.63) is 52.4 Å². The molecule has 2 aliphatic rings. The number of aromatic nitrogens is 3. The minimum atomic E-state index is -0.265. The van der Waals surface area contributed by atoms with Crippen molar-refractivity contribution >= 4 is 34.9 Å². The number of thioether (sulfide) groups is 1. The minimum Gasteiger partial charge on any atom is -0.459 e. The third kappa shape index (κ3) is 4.47. The Bertz CT molecular complexity index is 1070. The van der Waals surface area contributed by atoms with Gasteiger partial charge in [0.1, 0.15) is 5.82 Å². The van der Waals surface area contributed by atoms with Gasteiger partial charge < -0.3 is 18.8 Å². The molecule has 10 heteroatoms. The van der Waals surface area contributed by atoms with Gasteiger partial charge in [0.2, 0.25) is 5.91 Å². The zero-order chi connectivity index (χ0) is 22.1.